The number of carbonyl (C=O) groups excluding carboxylic acids is 1. The van der Waals surface area contributed by atoms with E-state index in [1.54, 1.807) is 0 Å². The highest BCUT2D eigenvalue weighted by atomic mass is 16.5. The number of rotatable bonds is 4. The fourth-order valence-electron chi connectivity index (χ4n) is 2.20. The number of nitrogens with one attached hydrogen (secondary N) is 1. The summed E-state index contributed by atoms with van der Waals surface area (Å²) in [5.41, 5.74) is 3.66. The van der Waals surface area contributed by atoms with Gasteiger partial charge >= 0.3 is 0 Å². The van der Waals surface area contributed by atoms with E-state index in [-0.39, 0.29) is 12.5 Å². The van der Waals surface area contributed by atoms with Gasteiger partial charge in [0.25, 0.3) is 5.91 Å². The summed E-state index contributed by atoms with van der Waals surface area (Å²) in [6.45, 7) is 2.21. The summed E-state index contributed by atoms with van der Waals surface area (Å²) in [6, 6.07) is 9.29. The first kappa shape index (κ1) is 13.6. The third-order valence-electron chi connectivity index (χ3n) is 3.20. The van der Waals surface area contributed by atoms with Crippen LogP contribution >= 0.6 is 0 Å². The highest BCUT2D eigenvalue weighted by Gasteiger charge is 2.14. The molecule has 0 heterocycles. The summed E-state index contributed by atoms with van der Waals surface area (Å²) >= 11 is 0. The highest BCUT2D eigenvalue weighted by Crippen LogP contribution is 2.20. The van der Waals surface area contributed by atoms with Crippen molar-refractivity contribution in [3.8, 4) is 5.75 Å². The van der Waals surface area contributed by atoms with Crippen molar-refractivity contribution >= 4 is 11.6 Å². The number of nitrogens with zero attached hydrogens (tertiary/aromatic N) is 1. The van der Waals surface area contributed by atoms with E-state index in [0.29, 0.717) is 11.7 Å². The molecule has 1 saturated carbocycles. The molecule has 0 unspecified atom stereocenters. The summed E-state index contributed by atoms with van der Waals surface area (Å²) in [7, 11) is 0. The molecule has 1 N–H and O–H groups in total. The van der Waals surface area contributed by atoms with Gasteiger partial charge in [0.15, 0.2) is 6.61 Å². The van der Waals surface area contributed by atoms with Crippen molar-refractivity contribution in [1.82, 2.24) is 5.43 Å². The maximum atomic E-state index is 11.6. The maximum Gasteiger partial charge on any atom is 0.277 e. The number of ether oxygens (including phenoxy) is 1. The lowest BCUT2D eigenvalue weighted by Gasteiger charge is -2.18. The Morgan fingerprint density at radius 1 is 1.42 bits per heavy atom. The fraction of sp³-hybridized carbons (Fsp3) is 0.467. The molecule has 0 aliphatic heterocycles. The van der Waals surface area contributed by atoms with Gasteiger partial charge in [-0.05, 0) is 43.7 Å². The lowest BCUT2D eigenvalue weighted by Crippen LogP contribution is -2.26. The van der Waals surface area contributed by atoms with E-state index in [4.69, 9.17) is 4.74 Å². The molecule has 1 aromatic rings. The molecule has 0 bridgehead atoms. The molecule has 1 aromatic carbocycles. The van der Waals surface area contributed by atoms with Gasteiger partial charge in [0, 0.05) is 5.71 Å². The van der Waals surface area contributed by atoms with Crippen LogP contribution in [0.25, 0.3) is 0 Å². The van der Waals surface area contributed by atoms with Crippen LogP contribution in [0, 0.1) is 5.92 Å². The Kier molecular flexibility index (Phi) is 4.95. The van der Waals surface area contributed by atoms with Crippen LogP contribution in [0.1, 0.15) is 32.6 Å². The molecule has 0 saturated heterocycles. The van der Waals surface area contributed by atoms with Crippen molar-refractivity contribution in [3.63, 3.8) is 0 Å². The van der Waals surface area contributed by atoms with Gasteiger partial charge in [-0.1, -0.05) is 25.1 Å². The molecule has 1 fully saturated rings. The summed E-state index contributed by atoms with van der Waals surface area (Å²) in [5.74, 6) is 1.15. The van der Waals surface area contributed by atoms with E-state index in [1.807, 2.05) is 30.3 Å². The number of hydrogen-bond acceptors (Lipinski definition) is 3. The molecule has 0 aromatic heterocycles. The zero-order chi connectivity index (χ0) is 13.5. The van der Waals surface area contributed by atoms with E-state index in [9.17, 15) is 4.79 Å². The minimum atomic E-state index is -0.213. The molecule has 1 amide bonds. The first-order chi connectivity index (χ1) is 9.24. The van der Waals surface area contributed by atoms with Gasteiger partial charge in [0.1, 0.15) is 5.75 Å². The van der Waals surface area contributed by atoms with Crippen LogP contribution in [0.5, 0.6) is 5.75 Å². The van der Waals surface area contributed by atoms with E-state index < -0.39 is 0 Å². The Morgan fingerprint density at radius 2 is 2.21 bits per heavy atom. The highest BCUT2D eigenvalue weighted by molar-refractivity contribution is 5.87. The van der Waals surface area contributed by atoms with Crippen molar-refractivity contribution in [2.75, 3.05) is 6.61 Å². The third-order valence-corrected chi connectivity index (χ3v) is 3.20. The molecule has 0 spiro atoms. The smallest absolute Gasteiger partial charge is 0.277 e. The van der Waals surface area contributed by atoms with Crippen LogP contribution in [0.15, 0.2) is 35.4 Å². The first-order valence-electron chi connectivity index (χ1n) is 6.76. The Bertz CT molecular complexity index is 443. The van der Waals surface area contributed by atoms with Crippen molar-refractivity contribution in [3.05, 3.63) is 30.3 Å². The number of benzene rings is 1. The Morgan fingerprint density at radius 3 is 2.95 bits per heavy atom. The molecule has 1 aliphatic rings. The van der Waals surface area contributed by atoms with Gasteiger partial charge in [-0.15, -0.1) is 0 Å². The van der Waals surface area contributed by atoms with Gasteiger partial charge in [0.2, 0.25) is 0 Å². The van der Waals surface area contributed by atoms with Crippen molar-refractivity contribution in [2.45, 2.75) is 32.6 Å². The largest absolute Gasteiger partial charge is 0.484 e. The summed E-state index contributed by atoms with van der Waals surface area (Å²) < 4.78 is 5.35. The molecular formula is C15H20N2O2. The standard InChI is InChI=1S/C15H20N2O2/c1-12-6-5-7-13(10-12)16-17-15(18)11-19-14-8-3-2-4-9-14/h2-4,8-9,12H,5-7,10-11H2,1H3,(H,17,18)/t12-/m1/s1. The van der Waals surface area contributed by atoms with Crippen LogP contribution in [0.4, 0.5) is 0 Å². The van der Waals surface area contributed by atoms with Crippen molar-refractivity contribution in [1.29, 1.82) is 0 Å². The third kappa shape index (κ3) is 4.73. The predicted octanol–water partition coefficient (Wildman–Crippen LogP) is 2.75. The average Bonchev–Trinajstić information content (AvgIpc) is 2.44. The molecule has 0 radical (unpaired) electrons. The summed E-state index contributed by atoms with van der Waals surface area (Å²) in [4.78, 5) is 11.6. The van der Waals surface area contributed by atoms with Crippen molar-refractivity contribution in [2.24, 2.45) is 11.0 Å². The lowest BCUT2D eigenvalue weighted by molar-refractivity contribution is -0.123. The predicted molar refractivity (Wildman–Crippen MR) is 75.1 cm³/mol. The molecule has 1 atom stereocenters. The monoisotopic (exact) mass is 260 g/mol. The number of hydrazone groups is 1. The van der Waals surface area contributed by atoms with Crippen molar-refractivity contribution < 1.29 is 9.53 Å². The second-order valence-electron chi connectivity index (χ2n) is 5.02. The van der Waals surface area contributed by atoms with Gasteiger partial charge in [-0.25, -0.2) is 5.43 Å². The van der Waals surface area contributed by atoms with E-state index >= 15 is 0 Å². The zero-order valence-electron chi connectivity index (χ0n) is 11.3. The van der Waals surface area contributed by atoms with E-state index in [1.165, 1.54) is 6.42 Å². The number of carbonyl (C=O) groups is 1. The zero-order valence-corrected chi connectivity index (χ0v) is 11.3. The molecular weight excluding hydrogens is 240 g/mol. The van der Waals surface area contributed by atoms with E-state index in [2.05, 4.69) is 17.5 Å². The molecule has 1 aliphatic carbocycles. The lowest BCUT2D eigenvalue weighted by atomic mass is 9.89. The number of amides is 1. The Labute approximate surface area is 113 Å². The van der Waals surface area contributed by atoms with Crippen LogP contribution < -0.4 is 10.2 Å². The molecule has 4 heteroatoms. The second kappa shape index (κ2) is 6.92. The van der Waals surface area contributed by atoms with Crippen LogP contribution in [0.2, 0.25) is 0 Å². The fourth-order valence-corrected chi connectivity index (χ4v) is 2.20. The normalized spacial score (nSPS) is 21.1. The minimum Gasteiger partial charge on any atom is -0.484 e. The summed E-state index contributed by atoms with van der Waals surface area (Å²) in [6.07, 6.45) is 4.39. The molecule has 4 nitrogen and oxygen atoms in total. The molecule has 102 valence electrons. The topological polar surface area (TPSA) is 50.7 Å². The number of para-hydroxylation sites is 1. The SMILES string of the molecule is C[C@@H]1CCCC(=NNC(=O)COc2ccccc2)C1. The van der Waals surface area contributed by atoms with Gasteiger partial charge in [-0.3, -0.25) is 4.79 Å². The Hall–Kier alpha value is -1.84. The van der Waals surface area contributed by atoms with Crippen LogP contribution in [0.3, 0.4) is 0 Å². The first-order valence-corrected chi connectivity index (χ1v) is 6.76. The molecule has 19 heavy (non-hydrogen) atoms. The molecule has 2 rings (SSSR count). The quantitative estimate of drug-likeness (QED) is 0.846. The minimum absolute atomic E-state index is 0.00362. The van der Waals surface area contributed by atoms with Gasteiger partial charge in [0.05, 0.1) is 0 Å². The van der Waals surface area contributed by atoms with Crippen LogP contribution in [-0.4, -0.2) is 18.2 Å². The van der Waals surface area contributed by atoms with Crippen LogP contribution in [-0.2, 0) is 4.79 Å². The van der Waals surface area contributed by atoms with Gasteiger partial charge in [-0.2, -0.15) is 5.10 Å². The maximum absolute atomic E-state index is 11.6. The number of hydrogen-bond donors (Lipinski definition) is 1. The van der Waals surface area contributed by atoms with E-state index in [0.717, 1.165) is 25.0 Å². The Balaban J connectivity index is 1.74. The second-order valence-corrected chi connectivity index (χ2v) is 5.02. The summed E-state index contributed by atoms with van der Waals surface area (Å²) in [5, 5.41) is 4.18. The van der Waals surface area contributed by atoms with Gasteiger partial charge < -0.3 is 4.74 Å². The average molecular weight is 260 g/mol.